The smallest absolute Gasteiger partial charge is 0.269 e. The molecule has 1 aromatic heterocycles. The van der Waals surface area contributed by atoms with Crippen LogP contribution in [0.2, 0.25) is 0 Å². The van der Waals surface area contributed by atoms with Crippen LogP contribution in [-0.2, 0) is 0 Å². The molecule has 0 saturated heterocycles. The zero-order valence-corrected chi connectivity index (χ0v) is 11.0. The molecule has 0 spiro atoms. The molecule has 0 saturated carbocycles. The Bertz CT molecular complexity index is 371. The van der Waals surface area contributed by atoms with Crippen LogP contribution in [0.4, 0.5) is 0 Å². The number of hydrogen-bond acceptors (Lipinski definition) is 4. The Morgan fingerprint density at radius 3 is 3.06 bits per heavy atom. The van der Waals surface area contributed by atoms with Gasteiger partial charge in [-0.15, -0.1) is 11.8 Å². The van der Waals surface area contributed by atoms with Crippen molar-refractivity contribution in [3.05, 3.63) is 24.0 Å². The van der Waals surface area contributed by atoms with Crippen LogP contribution in [0.3, 0.4) is 0 Å². The summed E-state index contributed by atoms with van der Waals surface area (Å²) in [5, 5.41) is 11.7. The van der Waals surface area contributed by atoms with Crippen LogP contribution in [0.1, 0.15) is 24.3 Å². The Morgan fingerprint density at radius 1 is 1.65 bits per heavy atom. The molecule has 1 aromatic rings. The Morgan fingerprint density at radius 2 is 2.41 bits per heavy atom. The van der Waals surface area contributed by atoms with Crippen molar-refractivity contribution < 1.29 is 9.90 Å². The molecule has 0 radical (unpaired) electrons. The molecule has 17 heavy (non-hydrogen) atoms. The molecule has 1 rings (SSSR count). The lowest BCUT2D eigenvalue weighted by Gasteiger charge is -2.08. The van der Waals surface area contributed by atoms with Crippen LogP contribution < -0.4 is 5.32 Å². The molecule has 5 heteroatoms. The predicted octanol–water partition coefficient (Wildman–Crippen LogP) is 1.55. The molecule has 0 aliphatic heterocycles. The van der Waals surface area contributed by atoms with Crippen molar-refractivity contribution in [2.24, 2.45) is 5.92 Å². The van der Waals surface area contributed by atoms with Gasteiger partial charge in [-0.1, -0.05) is 6.92 Å². The van der Waals surface area contributed by atoms with Gasteiger partial charge in [0.2, 0.25) is 0 Å². The van der Waals surface area contributed by atoms with Crippen LogP contribution in [0.15, 0.2) is 23.2 Å². The largest absolute Gasteiger partial charge is 0.396 e. The highest BCUT2D eigenvalue weighted by atomic mass is 32.2. The third-order valence-corrected chi connectivity index (χ3v) is 3.47. The number of aromatic nitrogens is 1. The van der Waals surface area contributed by atoms with Crippen LogP contribution in [-0.4, -0.2) is 34.9 Å². The van der Waals surface area contributed by atoms with E-state index in [1.165, 1.54) is 0 Å². The van der Waals surface area contributed by atoms with Crippen molar-refractivity contribution in [3.8, 4) is 0 Å². The molecule has 4 nitrogen and oxygen atoms in total. The Kier molecular flexibility index (Phi) is 6.00. The van der Waals surface area contributed by atoms with E-state index < -0.39 is 0 Å². The van der Waals surface area contributed by atoms with Crippen molar-refractivity contribution >= 4 is 17.7 Å². The number of carbonyl (C=O) groups excluding carboxylic acids is 1. The van der Waals surface area contributed by atoms with E-state index in [1.807, 2.05) is 19.9 Å². The first-order valence-corrected chi connectivity index (χ1v) is 6.63. The van der Waals surface area contributed by atoms with Gasteiger partial charge >= 0.3 is 0 Å². The Balaban J connectivity index is 2.62. The molecule has 0 aliphatic carbocycles. The minimum absolute atomic E-state index is 0.148. The Labute approximate surface area is 106 Å². The fraction of sp³-hybridized carbons (Fsp3) is 0.500. The molecule has 1 atom stereocenters. The zero-order valence-electron chi connectivity index (χ0n) is 10.1. The molecule has 0 fully saturated rings. The van der Waals surface area contributed by atoms with Crippen molar-refractivity contribution in [1.29, 1.82) is 0 Å². The number of aliphatic hydroxyl groups is 1. The lowest BCUT2D eigenvalue weighted by Crippen LogP contribution is -2.23. The number of carbonyl (C=O) groups is 1. The first kappa shape index (κ1) is 14.0. The lowest BCUT2D eigenvalue weighted by molar-refractivity contribution is 0.0950. The summed E-state index contributed by atoms with van der Waals surface area (Å²) in [7, 11) is 0. The number of amides is 1. The summed E-state index contributed by atoms with van der Waals surface area (Å²) in [6.07, 6.45) is 1.64. The number of nitrogens with one attached hydrogen (secondary N) is 1. The third kappa shape index (κ3) is 4.75. The molecule has 1 unspecified atom stereocenters. The summed E-state index contributed by atoms with van der Waals surface area (Å²) < 4.78 is 0. The summed E-state index contributed by atoms with van der Waals surface area (Å²) in [6, 6.07) is 3.65. The molecule has 0 aliphatic rings. The van der Waals surface area contributed by atoms with Crippen molar-refractivity contribution in [2.45, 2.75) is 18.7 Å². The van der Waals surface area contributed by atoms with Gasteiger partial charge < -0.3 is 10.4 Å². The van der Waals surface area contributed by atoms with Gasteiger partial charge in [-0.05, 0) is 25.0 Å². The van der Waals surface area contributed by atoms with E-state index in [9.17, 15) is 4.79 Å². The van der Waals surface area contributed by atoms with Crippen LogP contribution in [0.25, 0.3) is 0 Å². The lowest BCUT2D eigenvalue weighted by atomic mass is 10.2. The van der Waals surface area contributed by atoms with E-state index in [4.69, 9.17) is 5.11 Å². The Hall–Kier alpha value is -1.07. The molecule has 0 aromatic carbocycles. The number of thioether (sulfide) groups is 1. The van der Waals surface area contributed by atoms with Gasteiger partial charge in [0.1, 0.15) is 5.69 Å². The quantitative estimate of drug-likeness (QED) is 0.756. The molecular formula is C12H18N2O2S. The van der Waals surface area contributed by atoms with Gasteiger partial charge in [0.15, 0.2) is 0 Å². The van der Waals surface area contributed by atoms with E-state index >= 15 is 0 Å². The topological polar surface area (TPSA) is 62.2 Å². The van der Waals surface area contributed by atoms with Crippen LogP contribution in [0, 0.1) is 5.92 Å². The number of aliphatic hydroxyl groups excluding tert-OH is 1. The van der Waals surface area contributed by atoms with Crippen LogP contribution in [0.5, 0.6) is 0 Å². The van der Waals surface area contributed by atoms with E-state index in [2.05, 4.69) is 10.3 Å². The van der Waals surface area contributed by atoms with E-state index in [-0.39, 0.29) is 18.4 Å². The monoisotopic (exact) mass is 254 g/mol. The predicted molar refractivity (Wildman–Crippen MR) is 69.2 cm³/mol. The number of pyridine rings is 1. The van der Waals surface area contributed by atoms with Gasteiger partial charge in [0, 0.05) is 30.0 Å². The maximum Gasteiger partial charge on any atom is 0.269 e. The average Bonchev–Trinajstić information content (AvgIpc) is 2.36. The summed E-state index contributed by atoms with van der Waals surface area (Å²) in [4.78, 5) is 16.6. The highest BCUT2D eigenvalue weighted by molar-refractivity contribution is 7.99. The minimum atomic E-state index is -0.148. The van der Waals surface area contributed by atoms with E-state index in [0.717, 1.165) is 10.6 Å². The summed E-state index contributed by atoms with van der Waals surface area (Å²) in [5.74, 6) is 0.932. The van der Waals surface area contributed by atoms with Crippen molar-refractivity contribution in [2.75, 3.05) is 18.9 Å². The number of nitrogens with zero attached hydrogens (tertiary/aromatic N) is 1. The van der Waals surface area contributed by atoms with E-state index in [0.29, 0.717) is 12.2 Å². The van der Waals surface area contributed by atoms with Gasteiger partial charge in [-0.2, -0.15) is 0 Å². The molecule has 2 N–H and O–H groups in total. The average molecular weight is 254 g/mol. The molecule has 0 bridgehead atoms. The summed E-state index contributed by atoms with van der Waals surface area (Å²) in [5.41, 5.74) is 0.438. The molecular weight excluding hydrogens is 236 g/mol. The number of rotatable bonds is 6. The molecule has 94 valence electrons. The van der Waals surface area contributed by atoms with E-state index in [1.54, 1.807) is 24.0 Å². The summed E-state index contributed by atoms with van der Waals surface area (Å²) in [6.45, 7) is 4.64. The fourth-order valence-electron chi connectivity index (χ4n) is 1.17. The number of hydrogen-bond donors (Lipinski definition) is 2. The third-order valence-electron chi connectivity index (χ3n) is 2.15. The van der Waals surface area contributed by atoms with Gasteiger partial charge in [-0.25, -0.2) is 0 Å². The first-order chi connectivity index (χ1) is 8.17. The normalized spacial score (nSPS) is 12.2. The molecule has 1 amide bonds. The van der Waals surface area contributed by atoms with Crippen LogP contribution >= 0.6 is 11.8 Å². The second kappa shape index (κ2) is 7.29. The standard InChI is InChI=1S/C12H18N2O2S/c1-3-13-12(16)11-6-10(4-5-14-11)17-8-9(2)7-15/h4-6,9,15H,3,7-8H2,1-2H3,(H,13,16). The van der Waals surface area contributed by atoms with Crippen molar-refractivity contribution in [3.63, 3.8) is 0 Å². The first-order valence-electron chi connectivity index (χ1n) is 5.65. The maximum atomic E-state index is 11.6. The minimum Gasteiger partial charge on any atom is -0.396 e. The zero-order chi connectivity index (χ0) is 12.7. The maximum absolute atomic E-state index is 11.6. The summed E-state index contributed by atoms with van der Waals surface area (Å²) >= 11 is 1.62. The van der Waals surface area contributed by atoms with Gasteiger partial charge in [-0.3, -0.25) is 9.78 Å². The highest BCUT2D eigenvalue weighted by Crippen LogP contribution is 2.20. The fourth-order valence-corrected chi connectivity index (χ4v) is 2.10. The molecule has 1 heterocycles. The highest BCUT2D eigenvalue weighted by Gasteiger charge is 2.07. The second-order valence-corrected chi connectivity index (χ2v) is 4.93. The second-order valence-electron chi connectivity index (χ2n) is 3.83. The van der Waals surface area contributed by atoms with Gasteiger partial charge in [0.05, 0.1) is 0 Å². The van der Waals surface area contributed by atoms with Crippen molar-refractivity contribution in [1.82, 2.24) is 10.3 Å². The SMILES string of the molecule is CCNC(=O)c1cc(SCC(C)CO)ccn1. The van der Waals surface area contributed by atoms with Gasteiger partial charge in [0.25, 0.3) is 5.91 Å².